The van der Waals surface area contributed by atoms with Crippen LogP contribution in [-0.4, -0.2) is 12.8 Å². The van der Waals surface area contributed by atoms with Crippen LogP contribution in [-0.2, 0) is 9.84 Å². The first-order chi connectivity index (χ1) is 6.35. The Morgan fingerprint density at radius 3 is 2.43 bits per heavy atom. The van der Waals surface area contributed by atoms with Gasteiger partial charge < -0.3 is 4.74 Å². The summed E-state index contributed by atoms with van der Waals surface area (Å²) in [6.45, 7) is 2.97. The zero-order valence-electron chi connectivity index (χ0n) is 7.66. The highest BCUT2D eigenvalue weighted by molar-refractivity contribution is 5.27. The van der Waals surface area contributed by atoms with Crippen molar-refractivity contribution in [1.82, 2.24) is 0 Å². The Balaban J connectivity index is 4.68. The first-order valence-corrected chi connectivity index (χ1v) is 3.72. The molecule has 0 aliphatic heterocycles. The summed E-state index contributed by atoms with van der Waals surface area (Å²) in [4.78, 5) is 0. The minimum atomic E-state index is -4.56. The fourth-order valence-corrected chi connectivity index (χ4v) is 0.516. The molecule has 2 nitrogen and oxygen atoms in total. The van der Waals surface area contributed by atoms with E-state index in [0.29, 0.717) is 0 Å². The molecular formula is C9H8F3O2. The van der Waals surface area contributed by atoms with E-state index in [0.717, 1.165) is 5.92 Å². The number of allylic oxidation sites excluding steroid dienone is 1. The molecular weight excluding hydrogens is 197 g/mol. The van der Waals surface area contributed by atoms with Gasteiger partial charge in [-0.1, -0.05) is 5.92 Å². The normalized spacial score (nSPS) is 9.50. The van der Waals surface area contributed by atoms with E-state index in [1.54, 1.807) is 12.8 Å². The van der Waals surface area contributed by atoms with Gasteiger partial charge in [0.2, 0.25) is 0 Å². The average Bonchev–Trinajstić information content (AvgIpc) is 2.00. The van der Waals surface area contributed by atoms with Gasteiger partial charge in [-0.3, -0.25) is 0 Å². The Morgan fingerprint density at radius 2 is 2.00 bits per heavy atom. The predicted octanol–water partition coefficient (Wildman–Crippen LogP) is 2.41. The van der Waals surface area contributed by atoms with Crippen LogP contribution in [0.25, 0.3) is 0 Å². The van der Waals surface area contributed by atoms with Crippen LogP contribution in [0, 0.1) is 11.8 Å². The van der Waals surface area contributed by atoms with E-state index >= 15 is 0 Å². The fraction of sp³-hybridized carbons (Fsp3) is 0.444. The quantitative estimate of drug-likeness (QED) is 0.386. The van der Waals surface area contributed by atoms with Crippen molar-refractivity contribution in [2.75, 3.05) is 6.61 Å². The molecule has 0 fully saturated rings. The maximum Gasteiger partial charge on any atom is 0.458 e. The molecule has 0 unspecified atom stereocenters. The predicted molar refractivity (Wildman–Crippen MR) is 42.4 cm³/mol. The summed E-state index contributed by atoms with van der Waals surface area (Å²) in [5.74, 6) is 1.94. The molecule has 0 N–H and O–H groups in total. The highest BCUT2D eigenvalue weighted by Gasteiger charge is 2.22. The number of rotatable bonds is 2. The maximum atomic E-state index is 11.6. The molecule has 0 amide bonds. The van der Waals surface area contributed by atoms with E-state index in [1.165, 1.54) is 6.92 Å². The molecule has 0 heterocycles. The van der Waals surface area contributed by atoms with Crippen molar-refractivity contribution in [1.29, 1.82) is 0 Å². The lowest BCUT2D eigenvalue weighted by Gasteiger charge is -1.93. The summed E-state index contributed by atoms with van der Waals surface area (Å²) in [7, 11) is 0. The van der Waals surface area contributed by atoms with Gasteiger partial charge in [-0.2, -0.15) is 13.2 Å². The molecule has 0 aromatic heterocycles. The second-order valence-electron chi connectivity index (χ2n) is 2.22. The van der Waals surface area contributed by atoms with Crippen LogP contribution >= 0.6 is 0 Å². The van der Waals surface area contributed by atoms with Crippen LogP contribution in [0.15, 0.2) is 17.2 Å². The molecule has 0 rings (SSSR count). The van der Waals surface area contributed by atoms with Crippen LogP contribution in [0.2, 0.25) is 0 Å². The third-order valence-corrected chi connectivity index (χ3v) is 0.957. The van der Waals surface area contributed by atoms with Crippen LogP contribution < -0.4 is 0 Å². The molecule has 0 aromatic carbocycles. The Labute approximate surface area is 79.7 Å². The zero-order chi connectivity index (χ0) is 11.2. The summed E-state index contributed by atoms with van der Waals surface area (Å²) >= 11 is 0. The van der Waals surface area contributed by atoms with Gasteiger partial charge in [-0.15, -0.1) is 0 Å². The van der Waals surface area contributed by atoms with E-state index in [1.807, 2.05) is 5.73 Å². The highest BCUT2D eigenvalue weighted by atomic mass is 19.4. The third kappa shape index (κ3) is 7.14. The zero-order valence-corrected chi connectivity index (χ0v) is 7.66. The Bertz CT molecular complexity index is 311. The van der Waals surface area contributed by atoms with Crippen molar-refractivity contribution in [2.45, 2.75) is 20.0 Å². The minimum absolute atomic E-state index is 0.110. The molecule has 0 aliphatic carbocycles. The van der Waals surface area contributed by atoms with Crippen molar-refractivity contribution < 1.29 is 23.0 Å². The molecule has 1 radical (unpaired) electrons. The molecule has 77 valence electrons. The lowest BCUT2D eigenvalue weighted by Crippen LogP contribution is -2.01. The van der Waals surface area contributed by atoms with E-state index in [9.17, 15) is 18.3 Å². The standard InChI is InChI=1S/C9H8F3O2/c1-3-14-8(13)6-7(2)4-5-9(10,11)12/h3H2,1-2H3. The van der Waals surface area contributed by atoms with Gasteiger partial charge in [0, 0.05) is 11.5 Å². The maximum absolute atomic E-state index is 11.6. The summed E-state index contributed by atoms with van der Waals surface area (Å²) in [5.41, 5.74) is 1.92. The molecule has 0 bridgehead atoms. The fourth-order valence-electron chi connectivity index (χ4n) is 0.516. The number of halogens is 3. The number of ether oxygens (including phenoxy) is 1. The van der Waals surface area contributed by atoms with E-state index in [-0.39, 0.29) is 12.2 Å². The second kappa shape index (κ2) is 5.25. The first kappa shape index (κ1) is 12.5. The third-order valence-electron chi connectivity index (χ3n) is 0.957. The Hall–Kier alpha value is -1.53. The SMILES string of the molecule is CCOC([O])=C=C(C)C#CC(F)(F)F. The van der Waals surface area contributed by atoms with E-state index < -0.39 is 12.1 Å². The van der Waals surface area contributed by atoms with Gasteiger partial charge in [0.1, 0.15) is 0 Å². The van der Waals surface area contributed by atoms with Crippen molar-refractivity contribution in [2.24, 2.45) is 0 Å². The largest absolute Gasteiger partial charge is 0.458 e. The summed E-state index contributed by atoms with van der Waals surface area (Å²) in [6, 6.07) is 0. The molecule has 14 heavy (non-hydrogen) atoms. The summed E-state index contributed by atoms with van der Waals surface area (Å²) < 4.78 is 39.1. The molecule has 0 saturated carbocycles. The van der Waals surface area contributed by atoms with Gasteiger partial charge in [-0.25, -0.2) is 5.11 Å². The number of hydrogen-bond acceptors (Lipinski definition) is 1. The Kier molecular flexibility index (Phi) is 4.68. The van der Waals surface area contributed by atoms with Gasteiger partial charge in [-0.05, 0) is 19.6 Å². The van der Waals surface area contributed by atoms with Gasteiger partial charge in [0.15, 0.2) is 0 Å². The highest BCUT2D eigenvalue weighted by Crippen LogP contribution is 2.12. The summed E-state index contributed by atoms with van der Waals surface area (Å²) in [5, 5.41) is 10.7. The molecule has 0 aromatic rings. The van der Waals surface area contributed by atoms with Crippen molar-refractivity contribution >= 4 is 0 Å². The van der Waals surface area contributed by atoms with Gasteiger partial charge in [0.25, 0.3) is 0 Å². The van der Waals surface area contributed by atoms with Crippen LogP contribution in [0.5, 0.6) is 0 Å². The Morgan fingerprint density at radius 1 is 1.43 bits per heavy atom. The van der Waals surface area contributed by atoms with E-state index in [2.05, 4.69) is 4.74 Å². The molecule has 0 atom stereocenters. The number of alkyl halides is 3. The number of hydrogen-bond donors (Lipinski definition) is 0. The van der Waals surface area contributed by atoms with E-state index in [4.69, 9.17) is 0 Å². The molecule has 5 heteroatoms. The summed E-state index contributed by atoms with van der Waals surface area (Å²) in [6.07, 6.45) is -4.56. The minimum Gasteiger partial charge on any atom is -0.457 e. The molecule has 0 saturated heterocycles. The second-order valence-corrected chi connectivity index (χ2v) is 2.22. The van der Waals surface area contributed by atoms with Gasteiger partial charge in [0.05, 0.1) is 6.61 Å². The van der Waals surface area contributed by atoms with Crippen molar-refractivity contribution in [3.05, 3.63) is 17.2 Å². The van der Waals surface area contributed by atoms with Crippen LogP contribution in [0.3, 0.4) is 0 Å². The topological polar surface area (TPSA) is 29.1 Å². The van der Waals surface area contributed by atoms with Crippen molar-refractivity contribution in [3.8, 4) is 11.8 Å². The lowest BCUT2D eigenvalue weighted by atomic mass is 10.3. The first-order valence-electron chi connectivity index (χ1n) is 3.72. The smallest absolute Gasteiger partial charge is 0.457 e. The van der Waals surface area contributed by atoms with Gasteiger partial charge >= 0.3 is 12.1 Å². The monoisotopic (exact) mass is 205 g/mol. The van der Waals surface area contributed by atoms with Crippen LogP contribution in [0.4, 0.5) is 13.2 Å². The average molecular weight is 205 g/mol. The molecule has 0 aliphatic rings. The molecule has 0 spiro atoms. The van der Waals surface area contributed by atoms with Crippen molar-refractivity contribution in [3.63, 3.8) is 0 Å². The lowest BCUT2D eigenvalue weighted by molar-refractivity contribution is -0.0696. The van der Waals surface area contributed by atoms with Crippen LogP contribution in [0.1, 0.15) is 13.8 Å².